The van der Waals surface area contributed by atoms with E-state index in [1.54, 1.807) is 25.0 Å². The SMILES string of the molecule is COc1cc(OC)cc(-c2nn(CN3CCC(NC(=O)OC(C)(C)C)CC3)c(=S)o2)c1. The van der Waals surface area contributed by atoms with Crippen LogP contribution in [0.5, 0.6) is 11.5 Å². The summed E-state index contributed by atoms with van der Waals surface area (Å²) < 4.78 is 23.3. The largest absolute Gasteiger partial charge is 0.497 e. The Hall–Kier alpha value is -2.59. The molecule has 2 heterocycles. The first kappa shape index (κ1) is 23.1. The molecule has 1 fully saturated rings. The molecule has 1 aliphatic rings. The van der Waals surface area contributed by atoms with Crippen molar-refractivity contribution in [2.45, 2.75) is 51.9 Å². The lowest BCUT2D eigenvalue weighted by atomic mass is 10.1. The number of piperidine rings is 1. The normalized spacial score (nSPS) is 15.5. The van der Waals surface area contributed by atoms with Gasteiger partial charge in [0.2, 0.25) is 5.89 Å². The zero-order valence-corrected chi connectivity index (χ0v) is 19.5. The third-order valence-corrected chi connectivity index (χ3v) is 5.14. The Bertz CT molecular complexity index is 935. The van der Waals surface area contributed by atoms with Gasteiger partial charge in [0.25, 0.3) is 4.84 Å². The van der Waals surface area contributed by atoms with E-state index in [0.29, 0.717) is 28.9 Å². The number of hydrogen-bond donors (Lipinski definition) is 1. The molecule has 1 aliphatic heterocycles. The van der Waals surface area contributed by atoms with Crippen LogP contribution in [-0.4, -0.2) is 59.7 Å². The lowest BCUT2D eigenvalue weighted by Gasteiger charge is -2.32. The molecule has 1 N–H and O–H groups in total. The fourth-order valence-electron chi connectivity index (χ4n) is 3.33. The maximum atomic E-state index is 12.0. The number of nitrogens with zero attached hydrogens (tertiary/aromatic N) is 3. The summed E-state index contributed by atoms with van der Waals surface area (Å²) in [6.45, 7) is 7.68. The summed E-state index contributed by atoms with van der Waals surface area (Å²) >= 11 is 5.37. The first-order valence-corrected chi connectivity index (χ1v) is 10.6. The molecule has 31 heavy (non-hydrogen) atoms. The maximum absolute atomic E-state index is 12.0. The minimum absolute atomic E-state index is 0.0937. The van der Waals surface area contributed by atoms with Crippen LogP contribution >= 0.6 is 12.2 Å². The molecule has 1 saturated heterocycles. The van der Waals surface area contributed by atoms with Gasteiger partial charge in [0.1, 0.15) is 17.1 Å². The van der Waals surface area contributed by atoms with Crippen molar-refractivity contribution in [2.75, 3.05) is 27.3 Å². The highest BCUT2D eigenvalue weighted by atomic mass is 32.1. The van der Waals surface area contributed by atoms with Gasteiger partial charge in [0.15, 0.2) is 0 Å². The van der Waals surface area contributed by atoms with E-state index < -0.39 is 5.60 Å². The number of carbonyl (C=O) groups is 1. The first-order valence-electron chi connectivity index (χ1n) is 10.2. The molecule has 3 rings (SSSR count). The van der Waals surface area contributed by atoms with Gasteiger partial charge in [0, 0.05) is 30.8 Å². The van der Waals surface area contributed by atoms with Gasteiger partial charge in [-0.25, -0.2) is 9.48 Å². The van der Waals surface area contributed by atoms with Crippen molar-refractivity contribution in [2.24, 2.45) is 0 Å². The fourth-order valence-corrected chi connectivity index (χ4v) is 3.50. The molecule has 0 radical (unpaired) electrons. The number of amides is 1. The monoisotopic (exact) mass is 450 g/mol. The molecule has 170 valence electrons. The summed E-state index contributed by atoms with van der Waals surface area (Å²) in [5.41, 5.74) is 0.222. The number of aromatic nitrogens is 2. The average molecular weight is 451 g/mol. The molecule has 10 heteroatoms. The molecule has 0 aliphatic carbocycles. The first-order chi connectivity index (χ1) is 14.7. The minimum Gasteiger partial charge on any atom is -0.497 e. The highest BCUT2D eigenvalue weighted by molar-refractivity contribution is 7.71. The van der Waals surface area contributed by atoms with Gasteiger partial charge in [-0.1, -0.05) is 0 Å². The van der Waals surface area contributed by atoms with Gasteiger partial charge >= 0.3 is 6.09 Å². The van der Waals surface area contributed by atoms with Crippen molar-refractivity contribution in [1.82, 2.24) is 20.0 Å². The Balaban J connectivity index is 1.60. The Kier molecular flexibility index (Phi) is 7.22. The molecule has 0 saturated carbocycles. The molecule has 0 bridgehead atoms. The number of nitrogens with one attached hydrogen (secondary N) is 1. The molecule has 9 nitrogen and oxygen atoms in total. The van der Waals surface area contributed by atoms with E-state index in [9.17, 15) is 4.79 Å². The average Bonchev–Trinajstić information content (AvgIpc) is 3.08. The predicted octanol–water partition coefficient (Wildman–Crippen LogP) is 3.84. The molecule has 1 aromatic carbocycles. The summed E-state index contributed by atoms with van der Waals surface area (Å²) in [7, 11) is 3.18. The summed E-state index contributed by atoms with van der Waals surface area (Å²) in [6.07, 6.45) is 1.28. The summed E-state index contributed by atoms with van der Waals surface area (Å²) in [5, 5.41) is 7.48. The van der Waals surface area contributed by atoms with E-state index in [2.05, 4.69) is 15.3 Å². The van der Waals surface area contributed by atoms with Crippen molar-refractivity contribution < 1.29 is 23.4 Å². The van der Waals surface area contributed by atoms with Gasteiger partial charge in [-0.05, 0) is 58.0 Å². The zero-order valence-electron chi connectivity index (χ0n) is 18.6. The van der Waals surface area contributed by atoms with Gasteiger partial charge in [0.05, 0.1) is 20.9 Å². The van der Waals surface area contributed by atoms with E-state index in [1.165, 1.54) is 0 Å². The smallest absolute Gasteiger partial charge is 0.407 e. The second-order valence-corrected chi connectivity index (χ2v) is 8.80. The number of carbonyl (C=O) groups excluding carboxylic acids is 1. The third-order valence-electron chi connectivity index (χ3n) is 4.85. The van der Waals surface area contributed by atoms with Crippen LogP contribution in [0.4, 0.5) is 4.79 Å². The van der Waals surface area contributed by atoms with Crippen molar-refractivity contribution in [1.29, 1.82) is 0 Å². The maximum Gasteiger partial charge on any atom is 0.407 e. The molecule has 0 unspecified atom stereocenters. The van der Waals surface area contributed by atoms with Crippen LogP contribution in [0.15, 0.2) is 22.6 Å². The summed E-state index contributed by atoms with van der Waals surface area (Å²) in [4.78, 5) is 14.5. The molecule has 0 spiro atoms. The molecule has 2 aromatic rings. The Morgan fingerprint density at radius 1 is 1.19 bits per heavy atom. The van der Waals surface area contributed by atoms with Gasteiger partial charge < -0.3 is 23.9 Å². The van der Waals surface area contributed by atoms with Crippen LogP contribution in [0.1, 0.15) is 33.6 Å². The van der Waals surface area contributed by atoms with E-state index >= 15 is 0 Å². The standard InChI is InChI=1S/C21H30N4O5S/c1-21(2,3)30-19(26)22-15-6-8-24(9-7-15)13-25-20(31)29-18(23-25)14-10-16(27-4)12-17(11-14)28-5/h10-12,15H,6-9,13H2,1-5H3,(H,22,26). The van der Waals surface area contributed by atoms with Crippen LogP contribution in [-0.2, 0) is 11.4 Å². The van der Waals surface area contributed by atoms with Crippen molar-refractivity contribution in [3.8, 4) is 23.0 Å². The number of ether oxygens (including phenoxy) is 3. The highest BCUT2D eigenvalue weighted by Crippen LogP contribution is 2.29. The highest BCUT2D eigenvalue weighted by Gasteiger charge is 2.24. The Labute approximate surface area is 187 Å². The van der Waals surface area contributed by atoms with E-state index in [4.69, 9.17) is 30.8 Å². The number of alkyl carbamates (subject to hydrolysis) is 1. The minimum atomic E-state index is -0.501. The van der Waals surface area contributed by atoms with Crippen LogP contribution in [0.3, 0.4) is 0 Å². The molecule has 1 aromatic heterocycles. The number of methoxy groups -OCH3 is 2. The molecule has 1 amide bonds. The number of benzene rings is 1. The quantitative estimate of drug-likeness (QED) is 0.664. The molecular weight excluding hydrogens is 420 g/mol. The topological polar surface area (TPSA) is 91.0 Å². The van der Waals surface area contributed by atoms with Crippen molar-refractivity contribution >= 4 is 18.3 Å². The lowest BCUT2D eigenvalue weighted by Crippen LogP contribution is -2.46. The molecular formula is C21H30N4O5S. The number of rotatable bonds is 6. The van der Waals surface area contributed by atoms with E-state index in [1.807, 2.05) is 32.9 Å². The summed E-state index contributed by atoms with van der Waals surface area (Å²) in [6, 6.07) is 5.52. The fraction of sp³-hybridized carbons (Fsp3) is 0.571. The van der Waals surface area contributed by atoms with Crippen molar-refractivity contribution in [3.63, 3.8) is 0 Å². The Morgan fingerprint density at radius 2 is 1.81 bits per heavy atom. The lowest BCUT2D eigenvalue weighted by molar-refractivity contribution is 0.0470. The second-order valence-electron chi connectivity index (χ2n) is 8.45. The van der Waals surface area contributed by atoms with Crippen LogP contribution in [0.25, 0.3) is 11.5 Å². The van der Waals surface area contributed by atoms with Crippen molar-refractivity contribution in [3.05, 3.63) is 23.0 Å². The molecule has 0 atom stereocenters. The predicted molar refractivity (Wildman–Crippen MR) is 118 cm³/mol. The van der Waals surface area contributed by atoms with Gasteiger partial charge in [-0.15, -0.1) is 5.10 Å². The summed E-state index contributed by atoms with van der Waals surface area (Å²) in [5.74, 6) is 1.69. The van der Waals surface area contributed by atoms with Crippen LogP contribution in [0, 0.1) is 4.84 Å². The Morgan fingerprint density at radius 3 is 2.35 bits per heavy atom. The van der Waals surface area contributed by atoms with Gasteiger partial charge in [-0.2, -0.15) is 0 Å². The number of likely N-dealkylation sites (tertiary alicyclic amines) is 1. The van der Waals surface area contributed by atoms with Crippen LogP contribution < -0.4 is 14.8 Å². The third kappa shape index (κ3) is 6.44. The van der Waals surface area contributed by atoms with Gasteiger partial charge in [-0.3, -0.25) is 4.90 Å². The van der Waals surface area contributed by atoms with Crippen LogP contribution in [0.2, 0.25) is 0 Å². The number of hydrogen-bond acceptors (Lipinski definition) is 8. The van der Waals surface area contributed by atoms with E-state index in [0.717, 1.165) is 31.5 Å². The zero-order chi connectivity index (χ0) is 22.6. The second kappa shape index (κ2) is 9.69. The van der Waals surface area contributed by atoms with E-state index in [-0.39, 0.29) is 12.1 Å².